The first-order chi connectivity index (χ1) is 4.04. The van der Waals surface area contributed by atoms with Gasteiger partial charge in [0.2, 0.25) is 0 Å². The molecule has 10 heavy (non-hydrogen) atoms. The van der Waals surface area contributed by atoms with Crippen molar-refractivity contribution in [2.45, 2.75) is 0 Å². The molecule has 0 aliphatic carbocycles. The van der Waals surface area contributed by atoms with Gasteiger partial charge in [0.25, 0.3) is 0 Å². The van der Waals surface area contributed by atoms with Crippen molar-refractivity contribution < 1.29 is 48.3 Å². The summed E-state index contributed by atoms with van der Waals surface area (Å²) in [5.41, 5.74) is 0. The van der Waals surface area contributed by atoms with Gasteiger partial charge in [-0.3, -0.25) is 0 Å². The monoisotopic (exact) mass is 146 g/mol. The summed E-state index contributed by atoms with van der Waals surface area (Å²) in [5, 5.41) is 7.62. The number of carbonyl (C=O) groups excluding carboxylic acids is 1. The molecule has 0 atom stereocenters. The third-order valence-corrected chi connectivity index (χ3v) is 0.371. The van der Waals surface area contributed by atoms with E-state index in [9.17, 15) is 18.2 Å². The Kier molecular flexibility index (Phi) is 6.40. The number of hydrogen-bond acceptors (Lipinski definition) is 3. The van der Waals surface area contributed by atoms with Crippen molar-refractivity contribution in [1.82, 2.24) is 0 Å². The van der Waals surface area contributed by atoms with Crippen molar-refractivity contribution in [2.75, 3.05) is 0 Å². The zero-order valence-electron chi connectivity index (χ0n) is 6.01. The maximum Gasteiger partial charge on any atom is 1.00 e. The average molecular weight is 146 g/mol. The number of halogens is 2. The fraction of sp³-hybridized carbons (Fsp3) is 0. The van der Waals surface area contributed by atoms with Crippen LogP contribution in [0.25, 0.3) is 0 Å². The van der Waals surface area contributed by atoms with E-state index in [1.54, 1.807) is 0 Å². The normalized spacial score (nSPS) is 7.40. The average Bonchev–Trinajstić information content (AvgIpc) is 1.63. The molecule has 0 aromatic heterocycles. The summed E-state index contributed by atoms with van der Waals surface area (Å²) in [5.74, 6) is -3.99. The van der Waals surface area contributed by atoms with Gasteiger partial charge in [-0.15, -0.1) is 0 Å². The van der Waals surface area contributed by atoms with Crippen LogP contribution < -0.4 is 18.9 Å². The summed E-state index contributed by atoms with van der Waals surface area (Å²) in [6.45, 7) is 0. The molecule has 0 heterocycles. The second-order valence-corrected chi connectivity index (χ2v) is 0.971. The van der Waals surface area contributed by atoms with Crippen molar-refractivity contribution >= 4 is 19.4 Å². The SMILES string of the molecule is O=C(O)C(=O)OB(F)F.[H-].[Li+]. The second-order valence-electron chi connectivity index (χ2n) is 0.971. The van der Waals surface area contributed by atoms with Gasteiger partial charge in [-0.1, -0.05) is 0 Å². The van der Waals surface area contributed by atoms with E-state index < -0.39 is 19.4 Å². The molecule has 0 unspecified atom stereocenters. The first kappa shape index (κ1) is 12.2. The first-order valence-corrected chi connectivity index (χ1v) is 1.76. The Morgan fingerprint density at radius 1 is 1.50 bits per heavy atom. The third kappa shape index (κ3) is 5.60. The third-order valence-electron chi connectivity index (χ3n) is 0.371. The molecule has 0 saturated heterocycles. The second kappa shape index (κ2) is 5.26. The molecule has 0 aliphatic rings. The molecule has 0 aromatic rings. The van der Waals surface area contributed by atoms with Gasteiger partial charge in [-0.25, -0.2) is 18.2 Å². The van der Waals surface area contributed by atoms with E-state index in [4.69, 9.17) is 5.11 Å². The smallest absolute Gasteiger partial charge is 1.00 e. The molecule has 52 valence electrons. The number of aliphatic carboxylic acids is 1. The number of carboxylic acids is 1. The number of hydrogen-bond donors (Lipinski definition) is 1. The number of rotatable bonds is 1. The van der Waals surface area contributed by atoms with Crippen LogP contribution in [0.1, 0.15) is 1.43 Å². The summed E-state index contributed by atoms with van der Waals surface area (Å²) >= 11 is 0. The number of carboxylic acid groups (broad SMARTS) is 1. The van der Waals surface area contributed by atoms with Crippen LogP contribution >= 0.6 is 0 Å². The zero-order valence-corrected chi connectivity index (χ0v) is 5.01. The predicted molar refractivity (Wildman–Crippen MR) is 22.8 cm³/mol. The molecule has 0 fully saturated rings. The fourth-order valence-corrected chi connectivity index (χ4v) is 0.131. The molecule has 1 N–H and O–H groups in total. The summed E-state index contributed by atoms with van der Waals surface area (Å²) in [6.07, 6.45) is 0. The molecule has 0 spiro atoms. The largest absolute Gasteiger partial charge is 1.00 e. The van der Waals surface area contributed by atoms with Crippen LogP contribution in [0, 0.1) is 0 Å². The minimum Gasteiger partial charge on any atom is -1.00 e. The van der Waals surface area contributed by atoms with Crippen LogP contribution in [-0.2, 0) is 14.2 Å². The quantitative estimate of drug-likeness (QED) is 0.310. The standard InChI is InChI=1S/C2HBF2O4.Li.H/c4-3(5)9-2(8)1(6)7;;/h(H,6,7);;/q;+1;-1. The van der Waals surface area contributed by atoms with E-state index in [1.807, 2.05) is 0 Å². The summed E-state index contributed by atoms with van der Waals surface area (Å²) in [7, 11) is -3.37. The molecule has 0 radical (unpaired) electrons. The summed E-state index contributed by atoms with van der Waals surface area (Å²) in [4.78, 5) is 19.1. The Bertz CT molecular complexity index is 144. The van der Waals surface area contributed by atoms with Gasteiger partial charge in [0.15, 0.2) is 0 Å². The zero-order chi connectivity index (χ0) is 7.44. The molecule has 4 nitrogen and oxygen atoms in total. The maximum atomic E-state index is 10.9. The Labute approximate surface area is 68.4 Å². The molecular formula is C2H2BF2LiO4. The Morgan fingerprint density at radius 3 is 2.00 bits per heavy atom. The van der Waals surface area contributed by atoms with E-state index in [2.05, 4.69) is 4.65 Å². The van der Waals surface area contributed by atoms with Gasteiger partial charge in [0, 0.05) is 0 Å². The molecule has 0 amide bonds. The van der Waals surface area contributed by atoms with E-state index in [0.29, 0.717) is 0 Å². The van der Waals surface area contributed by atoms with Crippen LogP contribution in [0.2, 0.25) is 0 Å². The topological polar surface area (TPSA) is 63.6 Å². The van der Waals surface area contributed by atoms with Gasteiger partial charge >= 0.3 is 38.3 Å². The summed E-state index contributed by atoms with van der Waals surface area (Å²) < 4.78 is 24.8. The van der Waals surface area contributed by atoms with Gasteiger partial charge in [0.05, 0.1) is 0 Å². The molecule has 0 aliphatic heterocycles. The van der Waals surface area contributed by atoms with E-state index in [-0.39, 0.29) is 20.3 Å². The van der Waals surface area contributed by atoms with Gasteiger partial charge in [0.1, 0.15) is 0 Å². The van der Waals surface area contributed by atoms with Crippen LogP contribution in [0.3, 0.4) is 0 Å². The van der Waals surface area contributed by atoms with E-state index in [1.165, 1.54) is 0 Å². The Balaban J connectivity index is -0.000000320. The van der Waals surface area contributed by atoms with E-state index in [0.717, 1.165) is 0 Å². The number of carbonyl (C=O) groups is 2. The maximum absolute atomic E-state index is 10.9. The van der Waals surface area contributed by atoms with Crippen LogP contribution in [-0.4, -0.2) is 24.5 Å². The van der Waals surface area contributed by atoms with Crippen LogP contribution in [0.15, 0.2) is 0 Å². The fourth-order valence-electron chi connectivity index (χ4n) is 0.131. The van der Waals surface area contributed by atoms with Crippen LogP contribution in [0.5, 0.6) is 0 Å². The molecule has 0 rings (SSSR count). The molecule has 0 aromatic carbocycles. The minimum absolute atomic E-state index is 0. The molecule has 8 heteroatoms. The first-order valence-electron chi connectivity index (χ1n) is 1.76. The van der Waals surface area contributed by atoms with Gasteiger partial charge in [-0.2, -0.15) is 0 Å². The Hall–Kier alpha value is -0.538. The Morgan fingerprint density at radius 2 is 1.90 bits per heavy atom. The molecule has 0 saturated carbocycles. The predicted octanol–water partition coefficient (Wildman–Crippen LogP) is -3.35. The van der Waals surface area contributed by atoms with Crippen molar-refractivity contribution in [3.05, 3.63) is 0 Å². The molecular weight excluding hydrogens is 144 g/mol. The van der Waals surface area contributed by atoms with Crippen LogP contribution in [0.4, 0.5) is 8.63 Å². The molecule has 0 bridgehead atoms. The summed E-state index contributed by atoms with van der Waals surface area (Å²) in [6, 6.07) is 0. The minimum atomic E-state index is -3.37. The van der Waals surface area contributed by atoms with Gasteiger partial charge < -0.3 is 11.2 Å². The van der Waals surface area contributed by atoms with Crippen molar-refractivity contribution in [1.29, 1.82) is 0 Å². The van der Waals surface area contributed by atoms with E-state index >= 15 is 0 Å². The van der Waals surface area contributed by atoms with Gasteiger partial charge in [-0.05, 0) is 0 Å². The van der Waals surface area contributed by atoms with Crippen molar-refractivity contribution in [2.24, 2.45) is 0 Å². The van der Waals surface area contributed by atoms with Crippen molar-refractivity contribution in [3.8, 4) is 0 Å². The van der Waals surface area contributed by atoms with Crippen molar-refractivity contribution in [3.63, 3.8) is 0 Å².